The molecule has 0 fully saturated rings. The van der Waals surface area contributed by atoms with Crippen molar-refractivity contribution in [3.8, 4) is 12.3 Å². The van der Waals surface area contributed by atoms with Gasteiger partial charge in [0.05, 0.1) is 11.4 Å². The Bertz CT molecular complexity index is 603. The maximum absolute atomic E-state index is 12.7. The average molecular weight is 308 g/mol. The molecule has 0 amide bonds. The van der Waals surface area contributed by atoms with Crippen molar-refractivity contribution in [2.45, 2.75) is 38.6 Å². The summed E-state index contributed by atoms with van der Waals surface area (Å²) >= 11 is 0. The summed E-state index contributed by atoms with van der Waals surface area (Å²) in [4.78, 5) is 0.343. The number of rotatable bonds is 8. The Labute approximate surface area is 128 Å². The predicted molar refractivity (Wildman–Crippen MR) is 86.4 cm³/mol. The van der Waals surface area contributed by atoms with E-state index in [1.165, 1.54) is 4.31 Å². The molecule has 0 heterocycles. The Balaban J connectivity index is 3.13. The standard InChI is InChI=1S/C16H24N2O2S/c1-5-11-17-13-15-9-8-10-16(14(15)4)21(19,20)18(7-3)12-6-2/h2,8-10,17H,5,7,11-13H2,1,3-4H3. The van der Waals surface area contributed by atoms with E-state index in [0.29, 0.717) is 18.0 Å². The van der Waals surface area contributed by atoms with Gasteiger partial charge in [0, 0.05) is 13.1 Å². The molecule has 0 radical (unpaired) electrons. The second kappa shape index (κ2) is 8.18. The van der Waals surface area contributed by atoms with Crippen LogP contribution in [0.2, 0.25) is 0 Å². The molecule has 0 aliphatic rings. The van der Waals surface area contributed by atoms with Crippen LogP contribution in [0.1, 0.15) is 31.4 Å². The number of hydrogen-bond donors (Lipinski definition) is 1. The smallest absolute Gasteiger partial charge is 0.244 e. The van der Waals surface area contributed by atoms with Gasteiger partial charge in [-0.25, -0.2) is 8.42 Å². The molecular weight excluding hydrogens is 284 g/mol. The SMILES string of the molecule is C#CCN(CC)S(=O)(=O)c1cccc(CNCCC)c1C. The minimum Gasteiger partial charge on any atom is -0.313 e. The van der Waals surface area contributed by atoms with Gasteiger partial charge in [0.1, 0.15) is 0 Å². The van der Waals surface area contributed by atoms with E-state index in [-0.39, 0.29) is 6.54 Å². The quantitative estimate of drug-likeness (QED) is 0.591. The fourth-order valence-electron chi connectivity index (χ4n) is 2.14. The molecule has 0 unspecified atom stereocenters. The highest BCUT2D eigenvalue weighted by Crippen LogP contribution is 2.22. The molecule has 0 bridgehead atoms. The third-order valence-corrected chi connectivity index (χ3v) is 5.44. The summed E-state index contributed by atoms with van der Waals surface area (Å²) in [7, 11) is -3.53. The molecule has 4 nitrogen and oxygen atoms in total. The van der Waals surface area contributed by atoms with E-state index in [9.17, 15) is 8.42 Å². The topological polar surface area (TPSA) is 49.4 Å². The van der Waals surface area contributed by atoms with Crippen molar-refractivity contribution >= 4 is 10.0 Å². The second-order valence-corrected chi connectivity index (χ2v) is 6.76. The second-order valence-electron chi connectivity index (χ2n) is 4.85. The van der Waals surface area contributed by atoms with Gasteiger partial charge in [-0.05, 0) is 37.1 Å². The summed E-state index contributed by atoms with van der Waals surface area (Å²) in [5, 5.41) is 3.30. The van der Waals surface area contributed by atoms with Crippen LogP contribution in [0.4, 0.5) is 0 Å². The van der Waals surface area contributed by atoms with Crippen molar-refractivity contribution in [2.24, 2.45) is 0 Å². The first kappa shape index (κ1) is 17.7. The Morgan fingerprint density at radius 3 is 2.62 bits per heavy atom. The molecule has 0 atom stereocenters. The molecule has 116 valence electrons. The van der Waals surface area contributed by atoms with Gasteiger partial charge in [-0.3, -0.25) is 0 Å². The Morgan fingerprint density at radius 1 is 1.33 bits per heavy atom. The van der Waals surface area contributed by atoms with Crippen molar-refractivity contribution < 1.29 is 8.42 Å². The van der Waals surface area contributed by atoms with Gasteiger partial charge in [0.25, 0.3) is 0 Å². The average Bonchev–Trinajstić information content (AvgIpc) is 2.46. The van der Waals surface area contributed by atoms with E-state index >= 15 is 0 Å². The molecule has 1 aromatic carbocycles. The normalized spacial score (nSPS) is 11.6. The summed E-state index contributed by atoms with van der Waals surface area (Å²) in [5.74, 6) is 2.40. The van der Waals surface area contributed by atoms with Crippen LogP contribution in [0, 0.1) is 19.3 Å². The lowest BCUT2D eigenvalue weighted by Gasteiger charge is -2.20. The third-order valence-electron chi connectivity index (χ3n) is 3.38. The molecule has 1 rings (SSSR count). The predicted octanol–water partition coefficient (Wildman–Crippen LogP) is 2.14. The zero-order valence-corrected chi connectivity index (χ0v) is 13.8. The first-order valence-corrected chi connectivity index (χ1v) is 8.65. The maximum atomic E-state index is 12.7. The number of hydrogen-bond acceptors (Lipinski definition) is 3. The fraction of sp³-hybridized carbons (Fsp3) is 0.500. The molecule has 0 aliphatic carbocycles. The Hall–Kier alpha value is -1.35. The lowest BCUT2D eigenvalue weighted by atomic mass is 10.1. The Kier molecular flexibility index (Phi) is 6.90. The van der Waals surface area contributed by atoms with Gasteiger partial charge in [0.2, 0.25) is 10.0 Å². The van der Waals surface area contributed by atoms with E-state index in [0.717, 1.165) is 24.1 Å². The number of benzene rings is 1. The van der Waals surface area contributed by atoms with Crippen molar-refractivity contribution in [2.75, 3.05) is 19.6 Å². The molecule has 0 saturated carbocycles. The molecule has 5 heteroatoms. The maximum Gasteiger partial charge on any atom is 0.244 e. The molecule has 0 aliphatic heterocycles. The van der Waals surface area contributed by atoms with Gasteiger partial charge in [-0.1, -0.05) is 31.9 Å². The van der Waals surface area contributed by atoms with Gasteiger partial charge < -0.3 is 5.32 Å². The van der Waals surface area contributed by atoms with Gasteiger partial charge in [-0.15, -0.1) is 6.42 Å². The van der Waals surface area contributed by atoms with E-state index in [1.54, 1.807) is 19.1 Å². The minimum atomic E-state index is -3.53. The summed E-state index contributed by atoms with van der Waals surface area (Å²) in [6.45, 7) is 7.77. The molecule has 0 aromatic heterocycles. The van der Waals surface area contributed by atoms with Crippen LogP contribution in [-0.4, -0.2) is 32.4 Å². The molecule has 1 N–H and O–H groups in total. The Morgan fingerprint density at radius 2 is 2.05 bits per heavy atom. The van der Waals surface area contributed by atoms with Crippen LogP contribution >= 0.6 is 0 Å². The monoisotopic (exact) mass is 308 g/mol. The number of sulfonamides is 1. The van der Waals surface area contributed by atoms with Crippen LogP contribution in [0.3, 0.4) is 0 Å². The highest BCUT2D eigenvalue weighted by molar-refractivity contribution is 7.89. The first-order valence-electron chi connectivity index (χ1n) is 7.21. The van der Waals surface area contributed by atoms with E-state index in [2.05, 4.69) is 18.2 Å². The van der Waals surface area contributed by atoms with E-state index in [1.807, 2.05) is 13.0 Å². The third kappa shape index (κ3) is 4.31. The van der Waals surface area contributed by atoms with Crippen LogP contribution in [0.5, 0.6) is 0 Å². The molecular formula is C16H24N2O2S. The summed E-state index contributed by atoms with van der Waals surface area (Å²) in [6, 6.07) is 5.38. The van der Waals surface area contributed by atoms with Crippen LogP contribution in [-0.2, 0) is 16.6 Å². The van der Waals surface area contributed by atoms with Crippen molar-refractivity contribution in [1.82, 2.24) is 9.62 Å². The summed E-state index contributed by atoms with van der Waals surface area (Å²) in [5.41, 5.74) is 1.79. The first-order chi connectivity index (χ1) is 9.98. The van der Waals surface area contributed by atoms with Crippen molar-refractivity contribution in [3.05, 3.63) is 29.3 Å². The van der Waals surface area contributed by atoms with Crippen LogP contribution in [0.25, 0.3) is 0 Å². The lowest BCUT2D eigenvalue weighted by molar-refractivity contribution is 0.463. The fourth-order valence-corrected chi connectivity index (χ4v) is 3.77. The molecule has 1 aromatic rings. The van der Waals surface area contributed by atoms with Crippen molar-refractivity contribution in [1.29, 1.82) is 0 Å². The van der Waals surface area contributed by atoms with Crippen LogP contribution in [0.15, 0.2) is 23.1 Å². The van der Waals surface area contributed by atoms with Crippen molar-refractivity contribution in [3.63, 3.8) is 0 Å². The molecule has 0 spiro atoms. The van der Waals surface area contributed by atoms with E-state index in [4.69, 9.17) is 6.42 Å². The molecule has 0 saturated heterocycles. The van der Waals surface area contributed by atoms with Crippen LogP contribution < -0.4 is 5.32 Å². The number of terminal acetylenes is 1. The van der Waals surface area contributed by atoms with Gasteiger partial charge in [0.15, 0.2) is 0 Å². The lowest BCUT2D eigenvalue weighted by Crippen LogP contribution is -2.32. The zero-order chi connectivity index (χ0) is 15.9. The highest BCUT2D eigenvalue weighted by Gasteiger charge is 2.24. The largest absolute Gasteiger partial charge is 0.313 e. The minimum absolute atomic E-state index is 0.0938. The molecule has 21 heavy (non-hydrogen) atoms. The van der Waals surface area contributed by atoms with Gasteiger partial charge in [-0.2, -0.15) is 4.31 Å². The summed E-state index contributed by atoms with van der Waals surface area (Å²) < 4.78 is 26.7. The number of nitrogens with zero attached hydrogens (tertiary/aromatic N) is 1. The van der Waals surface area contributed by atoms with E-state index < -0.39 is 10.0 Å². The zero-order valence-electron chi connectivity index (χ0n) is 13.0. The van der Waals surface area contributed by atoms with Gasteiger partial charge >= 0.3 is 0 Å². The summed E-state index contributed by atoms with van der Waals surface area (Å²) in [6.07, 6.45) is 6.31. The number of nitrogens with one attached hydrogen (secondary N) is 1. The highest BCUT2D eigenvalue weighted by atomic mass is 32.2.